The summed E-state index contributed by atoms with van der Waals surface area (Å²) < 4.78 is 13.7. The fraction of sp³-hybridized carbons (Fsp3) is 0.500. The summed E-state index contributed by atoms with van der Waals surface area (Å²) in [5, 5.41) is 5.06. The number of thiazole rings is 1. The van der Waals surface area contributed by atoms with E-state index < -0.39 is 0 Å². The summed E-state index contributed by atoms with van der Waals surface area (Å²) >= 11 is 1.67. The average molecular weight is 538 g/mol. The van der Waals surface area contributed by atoms with Crippen LogP contribution in [0.2, 0.25) is 0 Å². The summed E-state index contributed by atoms with van der Waals surface area (Å²) in [4.78, 5) is 13.1. The van der Waals surface area contributed by atoms with Crippen molar-refractivity contribution in [3.05, 3.63) is 70.7 Å². The molecule has 38 heavy (non-hydrogen) atoms. The number of amides is 1. The molecule has 0 saturated heterocycles. The fourth-order valence-electron chi connectivity index (χ4n) is 4.58. The van der Waals surface area contributed by atoms with E-state index in [-0.39, 0.29) is 5.91 Å². The van der Waals surface area contributed by atoms with Crippen LogP contribution in [-0.4, -0.2) is 19.6 Å². The van der Waals surface area contributed by atoms with E-state index in [1.807, 2.05) is 36.4 Å². The first-order chi connectivity index (χ1) is 18.7. The molecule has 1 aromatic heterocycles. The standard InChI is InChI=1S/C32H44N2O3S/c1-3-4-5-6-7-8-9-10-11-12-13-14-23-37-31-29(16-15-17-30(31)36-2)32(35)33-28-20-18-27(19-21-28)25-34-22-24-38-26-34/h15-22,24,26H,3-14,23,25H2,1-2H3/p+1. The number of anilines is 1. The number of nitrogens with one attached hydrogen (secondary N) is 1. The van der Waals surface area contributed by atoms with Crippen molar-refractivity contribution in [2.45, 2.75) is 90.5 Å². The van der Waals surface area contributed by atoms with Crippen LogP contribution in [0.4, 0.5) is 5.69 Å². The molecular weight excluding hydrogens is 492 g/mol. The number of methoxy groups -OCH3 is 1. The number of carbonyl (C=O) groups excluding carboxylic acids is 1. The van der Waals surface area contributed by atoms with Crippen LogP contribution in [0.1, 0.15) is 99.9 Å². The highest BCUT2D eigenvalue weighted by molar-refractivity contribution is 7.07. The Morgan fingerprint density at radius 2 is 1.53 bits per heavy atom. The second kappa shape index (κ2) is 17.6. The lowest BCUT2D eigenvalue weighted by Crippen LogP contribution is -2.30. The number of hydrogen-bond donors (Lipinski definition) is 1. The Kier molecular flexibility index (Phi) is 13.8. The first-order valence-electron chi connectivity index (χ1n) is 14.3. The predicted octanol–water partition coefficient (Wildman–Crippen LogP) is 8.42. The summed E-state index contributed by atoms with van der Waals surface area (Å²) in [6.45, 7) is 3.66. The van der Waals surface area contributed by atoms with E-state index in [1.54, 1.807) is 24.5 Å². The number of unbranched alkanes of at least 4 members (excludes halogenated alkanes) is 11. The molecule has 0 aliphatic carbocycles. The van der Waals surface area contributed by atoms with Crippen molar-refractivity contribution < 1.29 is 18.8 Å². The minimum atomic E-state index is -0.200. The molecule has 0 atom stereocenters. The average Bonchev–Trinajstić information content (AvgIpc) is 3.45. The molecule has 1 heterocycles. The lowest BCUT2D eigenvalue weighted by Gasteiger charge is -2.15. The van der Waals surface area contributed by atoms with Gasteiger partial charge in [-0.25, -0.2) is 0 Å². The molecule has 5 nitrogen and oxygen atoms in total. The molecule has 0 unspecified atom stereocenters. The first kappa shape index (κ1) is 29.7. The van der Waals surface area contributed by atoms with Crippen molar-refractivity contribution in [3.8, 4) is 11.5 Å². The van der Waals surface area contributed by atoms with E-state index >= 15 is 0 Å². The molecule has 0 spiro atoms. The van der Waals surface area contributed by atoms with Crippen LogP contribution in [0.15, 0.2) is 59.6 Å². The number of rotatable bonds is 19. The summed E-state index contributed by atoms with van der Waals surface area (Å²) in [5.74, 6) is 0.898. The van der Waals surface area contributed by atoms with Crippen LogP contribution in [0.25, 0.3) is 0 Å². The van der Waals surface area contributed by atoms with Gasteiger partial charge in [-0.05, 0) is 30.7 Å². The predicted molar refractivity (Wildman–Crippen MR) is 158 cm³/mol. The lowest BCUT2D eigenvalue weighted by atomic mass is 10.1. The monoisotopic (exact) mass is 537 g/mol. The first-order valence-corrected chi connectivity index (χ1v) is 15.3. The van der Waals surface area contributed by atoms with Crippen LogP contribution in [0.5, 0.6) is 11.5 Å². The zero-order valence-electron chi connectivity index (χ0n) is 23.3. The van der Waals surface area contributed by atoms with Gasteiger partial charge in [-0.2, -0.15) is 4.57 Å². The second-order valence-corrected chi connectivity index (χ2v) is 10.7. The van der Waals surface area contributed by atoms with Gasteiger partial charge in [-0.1, -0.05) is 107 Å². The largest absolute Gasteiger partial charge is 0.493 e. The molecule has 0 saturated carbocycles. The number of para-hydroxylation sites is 1. The van der Waals surface area contributed by atoms with Gasteiger partial charge in [0.1, 0.15) is 0 Å². The highest BCUT2D eigenvalue weighted by atomic mass is 32.1. The normalized spacial score (nSPS) is 10.9. The van der Waals surface area contributed by atoms with Gasteiger partial charge in [0.2, 0.25) is 5.51 Å². The number of aromatic nitrogens is 1. The van der Waals surface area contributed by atoms with Crippen molar-refractivity contribution in [3.63, 3.8) is 0 Å². The third kappa shape index (κ3) is 10.5. The maximum atomic E-state index is 13.1. The summed E-state index contributed by atoms with van der Waals surface area (Å²) in [6.07, 6.45) is 17.7. The van der Waals surface area contributed by atoms with Gasteiger partial charge in [-0.3, -0.25) is 4.79 Å². The van der Waals surface area contributed by atoms with Crippen molar-refractivity contribution in [2.75, 3.05) is 19.0 Å². The minimum absolute atomic E-state index is 0.200. The van der Waals surface area contributed by atoms with Gasteiger partial charge in [0.25, 0.3) is 5.91 Å². The Hall–Kier alpha value is -2.86. The van der Waals surface area contributed by atoms with E-state index in [9.17, 15) is 4.79 Å². The van der Waals surface area contributed by atoms with Crippen LogP contribution in [0.3, 0.4) is 0 Å². The molecule has 0 aliphatic rings. The molecule has 1 amide bonds. The molecule has 6 heteroatoms. The van der Waals surface area contributed by atoms with Gasteiger partial charge in [-0.15, -0.1) is 0 Å². The van der Waals surface area contributed by atoms with Crippen molar-refractivity contribution in [1.29, 1.82) is 0 Å². The maximum Gasteiger partial charge on any atom is 0.259 e. The molecule has 0 fully saturated rings. The van der Waals surface area contributed by atoms with E-state index in [2.05, 4.69) is 33.9 Å². The van der Waals surface area contributed by atoms with Crippen molar-refractivity contribution in [2.24, 2.45) is 0 Å². The quantitative estimate of drug-likeness (QED) is 0.123. The van der Waals surface area contributed by atoms with Gasteiger partial charge in [0, 0.05) is 11.3 Å². The van der Waals surface area contributed by atoms with Crippen LogP contribution < -0.4 is 19.4 Å². The van der Waals surface area contributed by atoms with Crippen LogP contribution in [-0.2, 0) is 6.54 Å². The highest BCUT2D eigenvalue weighted by Crippen LogP contribution is 2.32. The molecule has 1 N–H and O–H groups in total. The van der Waals surface area contributed by atoms with Crippen LogP contribution in [0, 0.1) is 0 Å². The number of ether oxygens (including phenoxy) is 2. The highest BCUT2D eigenvalue weighted by Gasteiger charge is 2.17. The lowest BCUT2D eigenvalue weighted by molar-refractivity contribution is -0.683. The van der Waals surface area contributed by atoms with Gasteiger partial charge in [0.15, 0.2) is 24.2 Å². The number of hydrogen-bond acceptors (Lipinski definition) is 4. The molecule has 206 valence electrons. The molecule has 0 aliphatic heterocycles. The number of benzene rings is 2. The summed E-state index contributed by atoms with van der Waals surface area (Å²) in [6, 6.07) is 13.4. The number of nitrogens with zero attached hydrogens (tertiary/aromatic N) is 1. The molecule has 2 aromatic carbocycles. The van der Waals surface area contributed by atoms with Crippen LogP contribution >= 0.6 is 11.3 Å². The van der Waals surface area contributed by atoms with Crippen molar-refractivity contribution >= 4 is 22.9 Å². The molecule has 3 aromatic rings. The maximum absolute atomic E-state index is 13.1. The molecule has 3 rings (SSSR count). The molecular formula is C32H45N2O3S+. The zero-order chi connectivity index (χ0) is 26.8. The Balaban J connectivity index is 1.40. The third-order valence-electron chi connectivity index (χ3n) is 6.79. The van der Waals surface area contributed by atoms with E-state index in [0.29, 0.717) is 23.7 Å². The Labute approximate surface area is 233 Å². The molecule has 0 radical (unpaired) electrons. The van der Waals surface area contributed by atoms with E-state index in [1.165, 1.54) is 69.8 Å². The number of carbonyl (C=O) groups is 1. The van der Waals surface area contributed by atoms with E-state index in [0.717, 1.165) is 25.1 Å². The van der Waals surface area contributed by atoms with Gasteiger partial charge >= 0.3 is 0 Å². The summed E-state index contributed by atoms with van der Waals surface area (Å²) in [7, 11) is 1.61. The zero-order valence-corrected chi connectivity index (χ0v) is 24.1. The third-order valence-corrected chi connectivity index (χ3v) is 7.46. The van der Waals surface area contributed by atoms with Gasteiger partial charge in [0.05, 0.1) is 24.7 Å². The summed E-state index contributed by atoms with van der Waals surface area (Å²) in [5.41, 5.74) is 4.50. The fourth-order valence-corrected chi connectivity index (χ4v) is 5.17. The van der Waals surface area contributed by atoms with Crippen molar-refractivity contribution in [1.82, 2.24) is 0 Å². The SMILES string of the molecule is CCCCCCCCCCCCCCOc1c(OC)cccc1C(=O)Nc1ccc(C[n+]2ccsc2)cc1. The molecule has 0 bridgehead atoms. The topological polar surface area (TPSA) is 51.4 Å². The second-order valence-electron chi connectivity index (χ2n) is 9.92. The Bertz CT molecular complexity index is 1050. The minimum Gasteiger partial charge on any atom is -0.493 e. The van der Waals surface area contributed by atoms with Gasteiger partial charge < -0.3 is 14.8 Å². The van der Waals surface area contributed by atoms with E-state index in [4.69, 9.17) is 9.47 Å². The Morgan fingerprint density at radius 3 is 2.13 bits per heavy atom. The Morgan fingerprint density at radius 1 is 0.868 bits per heavy atom. The smallest absolute Gasteiger partial charge is 0.259 e.